The van der Waals surface area contributed by atoms with E-state index in [2.05, 4.69) is 25.5 Å². The molecule has 4 rings (SSSR count). The number of aromatic nitrogens is 4. The third kappa shape index (κ3) is 3.73. The molecule has 0 spiro atoms. The molecule has 3 N–H and O–H groups in total. The molecule has 138 valence electrons. The number of aliphatic carboxylic acids is 1. The van der Waals surface area contributed by atoms with Crippen LogP contribution in [-0.4, -0.2) is 31.2 Å². The second kappa shape index (κ2) is 7.32. The monoisotopic (exact) mass is 371 g/mol. The number of aryl methyl sites for hydroxylation is 1. The number of nitrogens with one attached hydrogen (secondary N) is 2. The van der Waals surface area contributed by atoms with Crippen molar-refractivity contribution < 1.29 is 9.90 Å². The van der Waals surface area contributed by atoms with E-state index in [9.17, 15) is 4.79 Å². The van der Waals surface area contributed by atoms with Crippen LogP contribution >= 0.6 is 0 Å². The number of benzene rings is 2. The molecule has 7 heteroatoms. The lowest BCUT2D eigenvalue weighted by atomic mass is 10.1. The first-order chi connectivity index (χ1) is 13.6. The highest BCUT2D eigenvalue weighted by Gasteiger charge is 2.08. The van der Waals surface area contributed by atoms with Crippen LogP contribution in [0.1, 0.15) is 11.1 Å². The summed E-state index contributed by atoms with van der Waals surface area (Å²) in [6.07, 6.45) is 6.18. The molecule has 0 unspecified atom stereocenters. The van der Waals surface area contributed by atoms with Gasteiger partial charge in [0, 0.05) is 34.5 Å². The lowest BCUT2D eigenvalue weighted by Gasteiger charge is -2.10. The Labute approximate surface area is 160 Å². The molecule has 0 aliphatic rings. The minimum absolute atomic E-state index is 0.558. The summed E-state index contributed by atoms with van der Waals surface area (Å²) in [7, 11) is 0. The van der Waals surface area contributed by atoms with Crippen LogP contribution in [0.25, 0.3) is 28.4 Å². The fourth-order valence-electron chi connectivity index (χ4n) is 2.81. The Balaban J connectivity index is 1.65. The lowest BCUT2D eigenvalue weighted by molar-refractivity contribution is -0.131. The van der Waals surface area contributed by atoms with E-state index in [0.29, 0.717) is 11.6 Å². The van der Waals surface area contributed by atoms with E-state index in [0.717, 1.165) is 39.4 Å². The van der Waals surface area contributed by atoms with Gasteiger partial charge in [-0.1, -0.05) is 18.2 Å². The molecule has 0 aliphatic heterocycles. The first-order valence-electron chi connectivity index (χ1n) is 8.64. The van der Waals surface area contributed by atoms with Gasteiger partial charge in [0.2, 0.25) is 0 Å². The first kappa shape index (κ1) is 17.4. The van der Waals surface area contributed by atoms with Gasteiger partial charge in [-0.15, -0.1) is 0 Å². The van der Waals surface area contributed by atoms with Crippen LogP contribution in [-0.2, 0) is 4.79 Å². The van der Waals surface area contributed by atoms with Crippen LogP contribution in [0.3, 0.4) is 0 Å². The summed E-state index contributed by atoms with van der Waals surface area (Å²) in [5.74, 6) is 0.278. The SMILES string of the molecule is Cc1cnc(-c2cccc(/C=C/C(=O)O)c2)nc1Nc1ccc2[nH]ncc2c1. The highest BCUT2D eigenvalue weighted by Crippen LogP contribution is 2.24. The zero-order valence-electron chi connectivity index (χ0n) is 15.0. The van der Waals surface area contributed by atoms with Gasteiger partial charge in [0.15, 0.2) is 5.82 Å². The summed E-state index contributed by atoms with van der Waals surface area (Å²) in [4.78, 5) is 19.8. The number of hydrogen-bond acceptors (Lipinski definition) is 5. The van der Waals surface area contributed by atoms with E-state index in [1.807, 2.05) is 49.4 Å². The van der Waals surface area contributed by atoms with Crippen molar-refractivity contribution in [2.75, 3.05) is 5.32 Å². The van der Waals surface area contributed by atoms with Crippen molar-refractivity contribution >= 4 is 34.5 Å². The zero-order valence-corrected chi connectivity index (χ0v) is 15.0. The fourth-order valence-corrected chi connectivity index (χ4v) is 2.81. The predicted octanol–water partition coefficient (Wildman–Crippen LogP) is 4.17. The Kier molecular flexibility index (Phi) is 4.55. The highest BCUT2D eigenvalue weighted by molar-refractivity contribution is 5.85. The Morgan fingerprint density at radius 2 is 2.07 bits per heavy atom. The first-order valence-corrected chi connectivity index (χ1v) is 8.64. The van der Waals surface area contributed by atoms with E-state index >= 15 is 0 Å². The molecule has 0 radical (unpaired) electrons. The number of rotatable bonds is 5. The summed E-state index contributed by atoms with van der Waals surface area (Å²) in [6, 6.07) is 13.3. The van der Waals surface area contributed by atoms with E-state index in [4.69, 9.17) is 5.11 Å². The summed E-state index contributed by atoms with van der Waals surface area (Å²) < 4.78 is 0. The van der Waals surface area contributed by atoms with E-state index in [1.54, 1.807) is 18.5 Å². The van der Waals surface area contributed by atoms with Crippen molar-refractivity contribution in [1.82, 2.24) is 20.2 Å². The lowest BCUT2D eigenvalue weighted by Crippen LogP contribution is -2.00. The average Bonchev–Trinajstić information content (AvgIpc) is 3.16. The second-order valence-corrected chi connectivity index (χ2v) is 6.32. The third-order valence-corrected chi connectivity index (χ3v) is 4.24. The van der Waals surface area contributed by atoms with Gasteiger partial charge in [0.25, 0.3) is 0 Å². The van der Waals surface area contributed by atoms with Crippen molar-refractivity contribution in [3.05, 3.63) is 72.1 Å². The van der Waals surface area contributed by atoms with Gasteiger partial charge in [0.1, 0.15) is 5.82 Å². The molecule has 2 heterocycles. The van der Waals surface area contributed by atoms with Gasteiger partial charge in [-0.25, -0.2) is 14.8 Å². The largest absolute Gasteiger partial charge is 0.478 e. The van der Waals surface area contributed by atoms with Crippen LogP contribution in [0.2, 0.25) is 0 Å². The predicted molar refractivity (Wildman–Crippen MR) is 108 cm³/mol. The molecule has 0 amide bonds. The molecule has 7 nitrogen and oxygen atoms in total. The Bertz CT molecular complexity index is 1200. The number of anilines is 2. The summed E-state index contributed by atoms with van der Waals surface area (Å²) in [5.41, 5.74) is 4.36. The maximum atomic E-state index is 10.7. The molecule has 0 saturated heterocycles. The van der Waals surface area contributed by atoms with Gasteiger partial charge >= 0.3 is 5.97 Å². The van der Waals surface area contributed by atoms with Gasteiger partial charge in [-0.3, -0.25) is 5.10 Å². The number of nitrogens with zero attached hydrogens (tertiary/aromatic N) is 3. The molecule has 0 atom stereocenters. The number of H-pyrrole nitrogens is 1. The van der Waals surface area contributed by atoms with E-state index < -0.39 is 5.97 Å². The third-order valence-electron chi connectivity index (χ3n) is 4.24. The van der Waals surface area contributed by atoms with E-state index in [1.165, 1.54) is 0 Å². The van der Waals surface area contributed by atoms with Crippen molar-refractivity contribution in [2.24, 2.45) is 0 Å². The molecule has 0 bridgehead atoms. The standard InChI is InChI=1S/C21H17N5O2/c1-13-11-22-21(15-4-2-3-14(9-15)5-8-19(27)28)25-20(13)24-17-6-7-18-16(10-17)12-23-26-18/h2-12H,1H3,(H,23,26)(H,27,28)(H,22,24,25)/b8-5+. The average molecular weight is 371 g/mol. The van der Waals surface area contributed by atoms with Gasteiger partial charge in [0.05, 0.1) is 11.7 Å². The summed E-state index contributed by atoms with van der Waals surface area (Å²) in [6.45, 7) is 1.94. The molecular formula is C21H17N5O2. The van der Waals surface area contributed by atoms with Crippen LogP contribution < -0.4 is 5.32 Å². The van der Waals surface area contributed by atoms with Gasteiger partial charge < -0.3 is 10.4 Å². The van der Waals surface area contributed by atoms with Crippen molar-refractivity contribution in [3.63, 3.8) is 0 Å². The quantitative estimate of drug-likeness (QED) is 0.455. The number of aromatic amines is 1. The molecule has 2 aromatic heterocycles. The minimum Gasteiger partial charge on any atom is -0.478 e. The van der Waals surface area contributed by atoms with Gasteiger partial charge in [-0.05, 0) is 42.8 Å². The molecule has 0 fully saturated rings. The summed E-state index contributed by atoms with van der Waals surface area (Å²) >= 11 is 0. The maximum absolute atomic E-state index is 10.7. The number of carbonyl (C=O) groups is 1. The van der Waals surface area contributed by atoms with Crippen LogP contribution in [0.4, 0.5) is 11.5 Å². The van der Waals surface area contributed by atoms with Crippen LogP contribution in [0.15, 0.2) is 60.9 Å². The number of carboxylic acid groups (broad SMARTS) is 1. The zero-order chi connectivity index (χ0) is 19.5. The molecule has 28 heavy (non-hydrogen) atoms. The van der Waals surface area contributed by atoms with Crippen LogP contribution in [0, 0.1) is 6.92 Å². The van der Waals surface area contributed by atoms with Crippen molar-refractivity contribution in [2.45, 2.75) is 6.92 Å². The molecule has 0 aliphatic carbocycles. The molecule has 0 saturated carbocycles. The maximum Gasteiger partial charge on any atom is 0.328 e. The Morgan fingerprint density at radius 3 is 2.93 bits per heavy atom. The second-order valence-electron chi connectivity index (χ2n) is 6.32. The highest BCUT2D eigenvalue weighted by atomic mass is 16.4. The number of carboxylic acids is 1. The Hall–Kier alpha value is -4.00. The number of fused-ring (bicyclic) bond motifs is 1. The Morgan fingerprint density at radius 1 is 1.18 bits per heavy atom. The van der Waals surface area contributed by atoms with Crippen molar-refractivity contribution in [1.29, 1.82) is 0 Å². The minimum atomic E-state index is -0.988. The normalized spacial score (nSPS) is 11.2. The van der Waals surface area contributed by atoms with Gasteiger partial charge in [-0.2, -0.15) is 5.10 Å². The van der Waals surface area contributed by atoms with E-state index in [-0.39, 0.29) is 0 Å². The summed E-state index contributed by atoms with van der Waals surface area (Å²) in [5, 5.41) is 20.1. The van der Waals surface area contributed by atoms with Crippen molar-refractivity contribution in [3.8, 4) is 11.4 Å². The topological polar surface area (TPSA) is 104 Å². The van der Waals surface area contributed by atoms with Crippen LogP contribution in [0.5, 0.6) is 0 Å². The smallest absolute Gasteiger partial charge is 0.328 e. The molecule has 2 aromatic carbocycles. The molecule has 4 aromatic rings. The molecular weight excluding hydrogens is 354 g/mol. The number of hydrogen-bond donors (Lipinski definition) is 3. The fraction of sp³-hybridized carbons (Fsp3) is 0.0476.